The van der Waals surface area contributed by atoms with Gasteiger partial charge in [0.05, 0.1) is 21.5 Å². The second-order valence-electron chi connectivity index (χ2n) is 5.68. The third-order valence-corrected chi connectivity index (χ3v) is 4.70. The number of carbonyl (C=O) groups is 2. The molecule has 138 valence electrons. The third kappa shape index (κ3) is 4.64. The number of amides is 1. The molecule has 2 aromatic carbocycles. The lowest BCUT2D eigenvalue weighted by Crippen LogP contribution is -2.21. The molecule has 0 aliphatic heterocycles. The summed E-state index contributed by atoms with van der Waals surface area (Å²) in [7, 11) is -3.39. The summed E-state index contributed by atoms with van der Waals surface area (Å²) in [5.74, 6) is -1.27. The topological polar surface area (TPSA) is 115 Å². The van der Waals surface area contributed by atoms with Crippen molar-refractivity contribution in [3.63, 3.8) is 0 Å². The number of ether oxygens (including phenoxy) is 1. The fourth-order valence-electron chi connectivity index (χ4n) is 2.31. The molecule has 0 atom stereocenters. The lowest BCUT2D eigenvalue weighted by atomic mass is 10.2. The van der Waals surface area contributed by atoms with E-state index in [1.54, 1.807) is 12.3 Å². The van der Waals surface area contributed by atoms with E-state index < -0.39 is 28.3 Å². The molecule has 0 saturated carbocycles. The summed E-state index contributed by atoms with van der Waals surface area (Å²) in [4.78, 5) is 32.4. The van der Waals surface area contributed by atoms with Crippen molar-refractivity contribution in [3.05, 3.63) is 60.4 Å². The van der Waals surface area contributed by atoms with Crippen LogP contribution >= 0.6 is 0 Å². The van der Waals surface area contributed by atoms with Crippen molar-refractivity contribution in [2.45, 2.75) is 4.90 Å². The Hall–Kier alpha value is -3.33. The van der Waals surface area contributed by atoms with Gasteiger partial charge in [0, 0.05) is 24.3 Å². The van der Waals surface area contributed by atoms with Crippen LogP contribution in [0.2, 0.25) is 0 Å². The first-order chi connectivity index (χ1) is 12.8. The fourth-order valence-corrected chi connectivity index (χ4v) is 2.97. The number of anilines is 1. The first-order valence-electron chi connectivity index (χ1n) is 7.81. The molecule has 1 amide bonds. The lowest BCUT2D eigenvalue weighted by Gasteiger charge is -2.08. The van der Waals surface area contributed by atoms with Gasteiger partial charge in [-0.15, -0.1) is 0 Å². The largest absolute Gasteiger partial charge is 0.452 e. The standard InChI is InChI=1S/C18H15N3O5S/c1-27(24,25)14-4-2-3-13(10-14)21-17(22)11-26-18(23)12-5-6-15-16(9-12)20-8-7-19-15/h2-10H,11H2,1H3,(H,21,22). The summed E-state index contributed by atoms with van der Waals surface area (Å²) in [6.45, 7) is -0.513. The summed E-state index contributed by atoms with van der Waals surface area (Å²) < 4.78 is 28.1. The molecule has 0 unspecified atom stereocenters. The number of carbonyl (C=O) groups excluding carboxylic acids is 2. The van der Waals surface area contributed by atoms with Crippen LogP contribution in [0, 0.1) is 0 Å². The van der Waals surface area contributed by atoms with E-state index in [2.05, 4.69) is 15.3 Å². The Kier molecular flexibility index (Phi) is 5.13. The number of esters is 1. The second-order valence-corrected chi connectivity index (χ2v) is 7.70. The molecule has 0 aliphatic carbocycles. The molecule has 0 fully saturated rings. The van der Waals surface area contributed by atoms with Crippen molar-refractivity contribution in [3.8, 4) is 0 Å². The summed E-state index contributed by atoms with van der Waals surface area (Å²) in [5, 5.41) is 2.49. The zero-order valence-electron chi connectivity index (χ0n) is 14.2. The van der Waals surface area contributed by atoms with Crippen molar-refractivity contribution < 1.29 is 22.7 Å². The minimum absolute atomic E-state index is 0.0783. The zero-order valence-corrected chi connectivity index (χ0v) is 15.1. The average Bonchev–Trinajstić information content (AvgIpc) is 2.65. The number of nitrogens with zero attached hydrogens (tertiary/aromatic N) is 2. The van der Waals surface area contributed by atoms with Gasteiger partial charge in [-0.25, -0.2) is 13.2 Å². The van der Waals surface area contributed by atoms with E-state index >= 15 is 0 Å². The van der Waals surface area contributed by atoms with Crippen LogP contribution in [0.25, 0.3) is 11.0 Å². The smallest absolute Gasteiger partial charge is 0.338 e. The van der Waals surface area contributed by atoms with Crippen molar-refractivity contribution in [1.82, 2.24) is 9.97 Å². The van der Waals surface area contributed by atoms with Gasteiger partial charge in [0.2, 0.25) is 0 Å². The highest BCUT2D eigenvalue weighted by Gasteiger charge is 2.13. The van der Waals surface area contributed by atoms with Crippen LogP contribution in [-0.2, 0) is 19.4 Å². The van der Waals surface area contributed by atoms with Gasteiger partial charge in [0.15, 0.2) is 16.4 Å². The minimum Gasteiger partial charge on any atom is -0.452 e. The number of fused-ring (bicyclic) bond motifs is 1. The predicted molar refractivity (Wildman–Crippen MR) is 98.0 cm³/mol. The predicted octanol–water partition coefficient (Wildman–Crippen LogP) is 1.83. The second kappa shape index (κ2) is 7.50. The average molecular weight is 385 g/mol. The van der Waals surface area contributed by atoms with E-state index in [4.69, 9.17) is 4.74 Å². The summed E-state index contributed by atoms with van der Waals surface area (Å²) in [6, 6.07) is 10.5. The maximum Gasteiger partial charge on any atom is 0.338 e. The number of hydrogen-bond donors (Lipinski definition) is 1. The van der Waals surface area contributed by atoms with Crippen LogP contribution in [0.15, 0.2) is 59.8 Å². The Bertz CT molecular complexity index is 1130. The number of benzene rings is 2. The molecular formula is C18H15N3O5S. The van der Waals surface area contributed by atoms with Gasteiger partial charge >= 0.3 is 5.97 Å². The number of hydrogen-bond acceptors (Lipinski definition) is 7. The van der Waals surface area contributed by atoms with E-state index in [0.29, 0.717) is 16.7 Å². The van der Waals surface area contributed by atoms with Crippen molar-refractivity contribution in [1.29, 1.82) is 0 Å². The molecule has 3 aromatic rings. The number of rotatable bonds is 5. The molecule has 3 rings (SSSR count). The van der Waals surface area contributed by atoms with Gasteiger partial charge in [0.1, 0.15) is 0 Å². The normalized spacial score (nSPS) is 11.1. The van der Waals surface area contributed by atoms with E-state index in [9.17, 15) is 18.0 Å². The lowest BCUT2D eigenvalue weighted by molar-refractivity contribution is -0.119. The highest BCUT2D eigenvalue weighted by molar-refractivity contribution is 7.90. The van der Waals surface area contributed by atoms with Gasteiger partial charge in [-0.2, -0.15) is 0 Å². The third-order valence-electron chi connectivity index (χ3n) is 3.59. The zero-order chi connectivity index (χ0) is 19.4. The highest BCUT2D eigenvalue weighted by atomic mass is 32.2. The van der Waals surface area contributed by atoms with Crippen LogP contribution < -0.4 is 5.32 Å². The van der Waals surface area contributed by atoms with Gasteiger partial charge in [-0.05, 0) is 36.4 Å². The van der Waals surface area contributed by atoms with Gasteiger partial charge in [-0.3, -0.25) is 14.8 Å². The first-order valence-corrected chi connectivity index (χ1v) is 9.70. The monoisotopic (exact) mass is 385 g/mol. The van der Waals surface area contributed by atoms with Crippen molar-refractivity contribution in [2.75, 3.05) is 18.2 Å². The van der Waals surface area contributed by atoms with E-state index in [1.807, 2.05) is 0 Å². The van der Waals surface area contributed by atoms with E-state index in [-0.39, 0.29) is 10.5 Å². The molecule has 1 heterocycles. The van der Waals surface area contributed by atoms with Crippen molar-refractivity contribution in [2.24, 2.45) is 0 Å². The molecule has 1 N–H and O–H groups in total. The Morgan fingerprint density at radius 2 is 1.78 bits per heavy atom. The van der Waals surface area contributed by atoms with Crippen LogP contribution in [0.3, 0.4) is 0 Å². The van der Waals surface area contributed by atoms with E-state index in [1.165, 1.54) is 42.6 Å². The highest BCUT2D eigenvalue weighted by Crippen LogP contribution is 2.15. The van der Waals surface area contributed by atoms with Crippen LogP contribution in [0.4, 0.5) is 5.69 Å². The number of aromatic nitrogens is 2. The number of nitrogens with one attached hydrogen (secondary N) is 1. The molecule has 0 saturated heterocycles. The summed E-state index contributed by atoms with van der Waals surface area (Å²) in [5.41, 5.74) is 1.71. The minimum atomic E-state index is -3.39. The molecule has 0 aliphatic rings. The van der Waals surface area contributed by atoms with Crippen molar-refractivity contribution >= 4 is 38.4 Å². The Morgan fingerprint density at radius 3 is 2.52 bits per heavy atom. The summed E-state index contributed by atoms with van der Waals surface area (Å²) in [6.07, 6.45) is 4.13. The first kappa shape index (κ1) is 18.5. The fraction of sp³-hybridized carbons (Fsp3) is 0.111. The van der Waals surface area contributed by atoms with Gasteiger partial charge in [-0.1, -0.05) is 6.07 Å². The molecule has 9 heteroatoms. The van der Waals surface area contributed by atoms with Crippen LogP contribution in [0.1, 0.15) is 10.4 Å². The van der Waals surface area contributed by atoms with Crippen LogP contribution in [-0.4, -0.2) is 43.1 Å². The summed E-state index contributed by atoms with van der Waals surface area (Å²) >= 11 is 0. The van der Waals surface area contributed by atoms with Gasteiger partial charge in [0.25, 0.3) is 5.91 Å². The van der Waals surface area contributed by atoms with Crippen LogP contribution in [0.5, 0.6) is 0 Å². The molecule has 27 heavy (non-hydrogen) atoms. The quantitative estimate of drug-likeness (QED) is 0.666. The molecule has 0 spiro atoms. The Morgan fingerprint density at radius 1 is 1.04 bits per heavy atom. The maximum atomic E-state index is 12.1. The molecule has 1 aromatic heterocycles. The van der Waals surface area contributed by atoms with Gasteiger partial charge < -0.3 is 10.1 Å². The molecule has 0 radical (unpaired) electrons. The number of sulfone groups is 1. The molecule has 0 bridgehead atoms. The maximum absolute atomic E-state index is 12.1. The molecular weight excluding hydrogens is 370 g/mol. The molecule has 8 nitrogen and oxygen atoms in total. The Labute approximate surface area is 155 Å². The van der Waals surface area contributed by atoms with E-state index in [0.717, 1.165) is 6.26 Å². The Balaban J connectivity index is 1.62. The SMILES string of the molecule is CS(=O)(=O)c1cccc(NC(=O)COC(=O)c2ccc3nccnc3c2)c1.